The zero-order valence-corrected chi connectivity index (χ0v) is 10.2. The van der Waals surface area contributed by atoms with Crippen LogP contribution in [-0.4, -0.2) is 24.3 Å². The predicted molar refractivity (Wildman–Crippen MR) is 58.3 cm³/mol. The van der Waals surface area contributed by atoms with Crippen molar-refractivity contribution in [2.75, 3.05) is 13.2 Å². The Bertz CT molecular complexity index is 247. The molecule has 0 aromatic rings. The van der Waals surface area contributed by atoms with Crippen molar-refractivity contribution in [1.82, 2.24) is 0 Å². The van der Waals surface area contributed by atoms with Crippen LogP contribution in [0.4, 0.5) is 0 Å². The van der Waals surface area contributed by atoms with E-state index in [4.69, 9.17) is 4.74 Å². The first-order chi connectivity index (χ1) is 6.83. The predicted octanol–water partition coefficient (Wildman–Crippen LogP) is 1.98. The second-order valence-corrected chi connectivity index (χ2v) is 5.48. The maximum absolute atomic E-state index is 10.8. The van der Waals surface area contributed by atoms with E-state index in [9.17, 15) is 9.90 Å². The van der Waals surface area contributed by atoms with Gasteiger partial charge in [0.05, 0.1) is 6.61 Å². The third kappa shape index (κ3) is 2.17. The highest BCUT2D eigenvalue weighted by atomic mass is 16.5. The molecule has 1 rings (SSSR count). The minimum Gasteiger partial charge on any atom is -0.466 e. The summed E-state index contributed by atoms with van der Waals surface area (Å²) in [6.45, 7) is 8.55. The van der Waals surface area contributed by atoms with E-state index in [0.29, 0.717) is 12.5 Å². The molecule has 1 fully saturated rings. The van der Waals surface area contributed by atoms with Gasteiger partial charge in [-0.2, -0.15) is 0 Å². The van der Waals surface area contributed by atoms with Crippen LogP contribution in [0.5, 0.6) is 0 Å². The Morgan fingerprint density at radius 1 is 1.47 bits per heavy atom. The number of ether oxygens (including phenoxy) is 1. The van der Waals surface area contributed by atoms with Crippen LogP contribution in [0.25, 0.3) is 0 Å². The van der Waals surface area contributed by atoms with Crippen LogP contribution in [0, 0.1) is 16.7 Å². The first-order valence-corrected chi connectivity index (χ1v) is 5.58. The molecule has 0 saturated heterocycles. The number of carbonyl (C=O) groups excluding carboxylic acids is 1. The van der Waals surface area contributed by atoms with E-state index >= 15 is 0 Å². The fraction of sp³-hybridized carbons (Fsp3) is 0.917. The van der Waals surface area contributed by atoms with Gasteiger partial charge in [0.25, 0.3) is 0 Å². The minimum absolute atomic E-state index is 0.0250. The molecule has 0 aliphatic heterocycles. The van der Waals surface area contributed by atoms with Crippen LogP contribution < -0.4 is 0 Å². The number of aliphatic hydroxyl groups is 1. The lowest BCUT2D eigenvalue weighted by atomic mass is 9.66. The number of esters is 1. The molecule has 2 unspecified atom stereocenters. The molecule has 0 radical (unpaired) electrons. The van der Waals surface area contributed by atoms with E-state index in [-0.39, 0.29) is 23.4 Å². The lowest BCUT2D eigenvalue weighted by molar-refractivity contribution is -0.143. The summed E-state index contributed by atoms with van der Waals surface area (Å²) in [5.74, 6) is 0.141. The number of hydrogen-bond donors (Lipinski definition) is 1. The molecule has 0 aromatic carbocycles. The normalized spacial score (nSPS) is 34.1. The Morgan fingerprint density at radius 3 is 2.47 bits per heavy atom. The SMILES string of the molecule is CC(=O)OCC1CCC(C)(CO)C1(C)C. The van der Waals surface area contributed by atoms with Crippen molar-refractivity contribution in [3.05, 3.63) is 0 Å². The molecule has 0 amide bonds. The second-order valence-electron chi connectivity index (χ2n) is 5.48. The molecular formula is C12H22O3. The quantitative estimate of drug-likeness (QED) is 0.731. The maximum Gasteiger partial charge on any atom is 0.302 e. The Kier molecular flexibility index (Phi) is 3.44. The van der Waals surface area contributed by atoms with Crippen molar-refractivity contribution >= 4 is 5.97 Å². The third-order valence-corrected chi connectivity index (χ3v) is 4.46. The van der Waals surface area contributed by atoms with Gasteiger partial charge in [0.15, 0.2) is 0 Å². The Labute approximate surface area is 91.8 Å². The largest absolute Gasteiger partial charge is 0.466 e. The topological polar surface area (TPSA) is 46.5 Å². The van der Waals surface area contributed by atoms with Crippen molar-refractivity contribution in [2.24, 2.45) is 16.7 Å². The van der Waals surface area contributed by atoms with Gasteiger partial charge in [0, 0.05) is 13.5 Å². The van der Waals surface area contributed by atoms with Crippen molar-refractivity contribution < 1.29 is 14.6 Å². The molecule has 15 heavy (non-hydrogen) atoms. The Morgan fingerprint density at radius 2 is 2.07 bits per heavy atom. The molecule has 1 N–H and O–H groups in total. The van der Waals surface area contributed by atoms with E-state index < -0.39 is 0 Å². The molecule has 1 aliphatic rings. The van der Waals surface area contributed by atoms with E-state index in [1.807, 2.05) is 0 Å². The van der Waals surface area contributed by atoms with Crippen molar-refractivity contribution in [3.63, 3.8) is 0 Å². The average Bonchev–Trinajstić information content (AvgIpc) is 2.37. The summed E-state index contributed by atoms with van der Waals surface area (Å²) >= 11 is 0. The molecule has 0 heterocycles. The molecule has 2 atom stereocenters. The van der Waals surface area contributed by atoms with Gasteiger partial charge in [-0.25, -0.2) is 0 Å². The molecule has 3 nitrogen and oxygen atoms in total. The minimum atomic E-state index is -0.219. The van der Waals surface area contributed by atoms with Gasteiger partial charge in [0.1, 0.15) is 0 Å². The van der Waals surface area contributed by atoms with Crippen LogP contribution in [-0.2, 0) is 9.53 Å². The highest BCUT2D eigenvalue weighted by Crippen LogP contribution is 2.55. The van der Waals surface area contributed by atoms with Crippen molar-refractivity contribution in [1.29, 1.82) is 0 Å². The molecule has 1 saturated carbocycles. The van der Waals surface area contributed by atoms with E-state index in [2.05, 4.69) is 20.8 Å². The van der Waals surface area contributed by atoms with Gasteiger partial charge in [-0.15, -0.1) is 0 Å². The lowest BCUT2D eigenvalue weighted by Gasteiger charge is -2.40. The Balaban J connectivity index is 2.67. The second kappa shape index (κ2) is 4.12. The van der Waals surface area contributed by atoms with Gasteiger partial charge < -0.3 is 9.84 Å². The van der Waals surface area contributed by atoms with Crippen LogP contribution in [0.2, 0.25) is 0 Å². The van der Waals surface area contributed by atoms with E-state index in [0.717, 1.165) is 12.8 Å². The highest BCUT2D eigenvalue weighted by Gasteiger charge is 2.51. The molecule has 0 bridgehead atoms. The molecule has 3 heteroatoms. The van der Waals surface area contributed by atoms with Crippen LogP contribution in [0.3, 0.4) is 0 Å². The molecule has 0 spiro atoms. The number of carbonyl (C=O) groups is 1. The summed E-state index contributed by atoms with van der Waals surface area (Å²) in [5.41, 5.74) is -0.0188. The number of aliphatic hydroxyl groups excluding tert-OH is 1. The number of rotatable bonds is 3. The van der Waals surface area contributed by atoms with Gasteiger partial charge >= 0.3 is 5.97 Å². The summed E-state index contributed by atoms with van der Waals surface area (Å²) in [6.07, 6.45) is 2.03. The summed E-state index contributed by atoms with van der Waals surface area (Å²) < 4.78 is 5.08. The lowest BCUT2D eigenvalue weighted by Crippen LogP contribution is -2.38. The van der Waals surface area contributed by atoms with Gasteiger partial charge in [-0.1, -0.05) is 20.8 Å². The average molecular weight is 214 g/mol. The smallest absolute Gasteiger partial charge is 0.302 e. The first kappa shape index (κ1) is 12.5. The maximum atomic E-state index is 10.8. The number of hydrogen-bond acceptors (Lipinski definition) is 3. The summed E-state index contributed by atoms with van der Waals surface area (Å²) in [6, 6.07) is 0. The monoisotopic (exact) mass is 214 g/mol. The summed E-state index contributed by atoms with van der Waals surface area (Å²) in [5, 5.41) is 9.45. The zero-order valence-electron chi connectivity index (χ0n) is 10.2. The van der Waals surface area contributed by atoms with Gasteiger partial charge in [-0.3, -0.25) is 4.79 Å². The highest BCUT2D eigenvalue weighted by molar-refractivity contribution is 5.65. The summed E-state index contributed by atoms with van der Waals surface area (Å²) in [4.78, 5) is 10.8. The molecule has 0 aromatic heterocycles. The molecule has 1 aliphatic carbocycles. The standard InChI is InChI=1S/C12H22O3/c1-9(14)15-7-10-5-6-12(4,8-13)11(10,2)3/h10,13H,5-8H2,1-4H3. The molecular weight excluding hydrogens is 192 g/mol. The van der Waals surface area contributed by atoms with E-state index in [1.54, 1.807) is 0 Å². The van der Waals surface area contributed by atoms with Gasteiger partial charge in [-0.05, 0) is 29.6 Å². The van der Waals surface area contributed by atoms with E-state index in [1.165, 1.54) is 6.92 Å². The van der Waals surface area contributed by atoms with Crippen LogP contribution in [0.15, 0.2) is 0 Å². The fourth-order valence-electron chi connectivity index (χ4n) is 2.46. The fourth-order valence-corrected chi connectivity index (χ4v) is 2.46. The van der Waals surface area contributed by atoms with Crippen LogP contribution >= 0.6 is 0 Å². The molecule has 88 valence electrons. The van der Waals surface area contributed by atoms with Crippen LogP contribution in [0.1, 0.15) is 40.5 Å². The zero-order chi connectivity index (χ0) is 11.7. The summed E-state index contributed by atoms with van der Waals surface area (Å²) in [7, 11) is 0. The van der Waals surface area contributed by atoms with Crippen molar-refractivity contribution in [3.8, 4) is 0 Å². The Hall–Kier alpha value is -0.570. The van der Waals surface area contributed by atoms with Gasteiger partial charge in [0.2, 0.25) is 0 Å². The third-order valence-electron chi connectivity index (χ3n) is 4.46. The van der Waals surface area contributed by atoms with Crippen molar-refractivity contribution in [2.45, 2.75) is 40.5 Å². The first-order valence-electron chi connectivity index (χ1n) is 5.58.